The SMILES string of the molecule is COc1ccc(C(=O)NCc2cc3nc(-c4cccc(N5C[C@@H](C)O[C@@H](C)C5)n4)ccc3cn2)cn1. The minimum absolute atomic E-state index is 0.158. The topological polar surface area (TPSA) is 102 Å². The lowest BCUT2D eigenvalue weighted by molar-refractivity contribution is -0.00545. The Kier molecular flexibility index (Phi) is 6.73. The number of ether oxygens (including phenoxy) is 2. The van der Waals surface area contributed by atoms with Gasteiger partial charge in [-0.15, -0.1) is 0 Å². The molecule has 1 aliphatic rings. The zero-order valence-corrected chi connectivity index (χ0v) is 20.5. The van der Waals surface area contributed by atoms with Crippen molar-refractivity contribution >= 4 is 22.6 Å². The molecule has 36 heavy (non-hydrogen) atoms. The van der Waals surface area contributed by atoms with Gasteiger partial charge in [0.25, 0.3) is 5.91 Å². The zero-order chi connectivity index (χ0) is 25.1. The molecule has 1 saturated heterocycles. The van der Waals surface area contributed by atoms with Crippen LogP contribution >= 0.6 is 0 Å². The van der Waals surface area contributed by atoms with Crippen molar-refractivity contribution < 1.29 is 14.3 Å². The maximum Gasteiger partial charge on any atom is 0.253 e. The van der Waals surface area contributed by atoms with E-state index in [4.69, 9.17) is 19.4 Å². The number of carbonyl (C=O) groups is 1. The fraction of sp³-hybridized carbons (Fsp3) is 0.296. The van der Waals surface area contributed by atoms with Crippen LogP contribution in [0.4, 0.5) is 5.82 Å². The molecule has 0 aromatic carbocycles. The Bertz CT molecular complexity index is 1370. The van der Waals surface area contributed by atoms with Gasteiger partial charge in [0.05, 0.1) is 54.0 Å². The Morgan fingerprint density at radius 1 is 1.03 bits per heavy atom. The quantitative estimate of drug-likeness (QED) is 0.443. The second-order valence-electron chi connectivity index (χ2n) is 8.88. The Balaban J connectivity index is 1.33. The van der Waals surface area contributed by atoms with Crippen LogP contribution in [0.1, 0.15) is 29.9 Å². The molecule has 2 atom stereocenters. The number of carbonyl (C=O) groups excluding carboxylic acids is 1. The molecule has 1 N–H and O–H groups in total. The number of hydrogen-bond acceptors (Lipinski definition) is 8. The number of rotatable bonds is 6. The average molecular weight is 485 g/mol. The van der Waals surface area contributed by atoms with Gasteiger partial charge in [-0.2, -0.15) is 0 Å². The summed E-state index contributed by atoms with van der Waals surface area (Å²) >= 11 is 0. The van der Waals surface area contributed by atoms with E-state index in [0.717, 1.165) is 41.2 Å². The van der Waals surface area contributed by atoms with Gasteiger partial charge in [-0.3, -0.25) is 9.78 Å². The van der Waals surface area contributed by atoms with Crippen molar-refractivity contribution in [2.45, 2.75) is 32.6 Å². The summed E-state index contributed by atoms with van der Waals surface area (Å²) in [4.78, 5) is 33.0. The van der Waals surface area contributed by atoms with E-state index in [9.17, 15) is 4.79 Å². The number of aromatic nitrogens is 4. The predicted octanol–water partition coefficient (Wildman–Crippen LogP) is 3.64. The Morgan fingerprint density at radius 3 is 2.58 bits per heavy atom. The lowest BCUT2D eigenvalue weighted by Gasteiger charge is -2.36. The highest BCUT2D eigenvalue weighted by Crippen LogP contribution is 2.24. The van der Waals surface area contributed by atoms with Gasteiger partial charge in [-0.25, -0.2) is 15.0 Å². The first-order chi connectivity index (χ1) is 17.5. The number of methoxy groups -OCH3 is 1. The first kappa shape index (κ1) is 23.6. The summed E-state index contributed by atoms with van der Waals surface area (Å²) in [5.41, 5.74) is 3.54. The zero-order valence-electron chi connectivity index (χ0n) is 20.5. The van der Waals surface area contributed by atoms with Crippen LogP contribution in [0.2, 0.25) is 0 Å². The molecule has 9 heteroatoms. The molecule has 5 rings (SSSR count). The summed E-state index contributed by atoms with van der Waals surface area (Å²) in [6.45, 7) is 6.05. The van der Waals surface area contributed by atoms with Gasteiger partial charge in [0, 0.05) is 36.9 Å². The predicted molar refractivity (Wildman–Crippen MR) is 137 cm³/mol. The van der Waals surface area contributed by atoms with E-state index in [1.165, 1.54) is 13.3 Å². The highest BCUT2D eigenvalue weighted by molar-refractivity contribution is 5.93. The lowest BCUT2D eigenvalue weighted by Crippen LogP contribution is -2.45. The van der Waals surface area contributed by atoms with E-state index < -0.39 is 0 Å². The van der Waals surface area contributed by atoms with Gasteiger partial charge in [0.1, 0.15) is 5.82 Å². The summed E-state index contributed by atoms with van der Waals surface area (Å²) in [6, 6.07) is 15.2. The molecule has 4 aromatic heterocycles. The smallest absolute Gasteiger partial charge is 0.253 e. The number of nitrogens with one attached hydrogen (secondary N) is 1. The summed E-state index contributed by atoms with van der Waals surface area (Å²) in [7, 11) is 1.53. The highest BCUT2D eigenvalue weighted by Gasteiger charge is 2.23. The monoisotopic (exact) mass is 484 g/mol. The maximum atomic E-state index is 12.5. The lowest BCUT2D eigenvalue weighted by atomic mass is 10.1. The van der Waals surface area contributed by atoms with E-state index in [0.29, 0.717) is 17.1 Å². The first-order valence-corrected chi connectivity index (χ1v) is 11.9. The van der Waals surface area contributed by atoms with Crippen molar-refractivity contribution in [1.82, 2.24) is 25.3 Å². The third kappa shape index (κ3) is 5.26. The Labute approximate surface area is 209 Å². The van der Waals surface area contributed by atoms with Crippen LogP contribution in [-0.2, 0) is 11.3 Å². The summed E-state index contributed by atoms with van der Waals surface area (Å²) in [5, 5.41) is 3.79. The molecule has 1 fully saturated rings. The van der Waals surface area contributed by atoms with Crippen molar-refractivity contribution in [2.24, 2.45) is 0 Å². The van der Waals surface area contributed by atoms with Crippen LogP contribution in [0, 0.1) is 0 Å². The van der Waals surface area contributed by atoms with E-state index in [2.05, 4.69) is 34.0 Å². The van der Waals surface area contributed by atoms with Crippen LogP contribution in [0.5, 0.6) is 5.88 Å². The molecule has 1 amide bonds. The van der Waals surface area contributed by atoms with Gasteiger partial charge >= 0.3 is 0 Å². The second-order valence-corrected chi connectivity index (χ2v) is 8.88. The first-order valence-electron chi connectivity index (χ1n) is 11.9. The number of fused-ring (bicyclic) bond motifs is 1. The average Bonchev–Trinajstić information content (AvgIpc) is 2.91. The van der Waals surface area contributed by atoms with E-state index in [1.807, 2.05) is 36.4 Å². The Morgan fingerprint density at radius 2 is 1.83 bits per heavy atom. The fourth-order valence-electron chi connectivity index (χ4n) is 4.31. The Hall–Kier alpha value is -4.11. The van der Waals surface area contributed by atoms with Gasteiger partial charge in [0.15, 0.2) is 0 Å². The molecule has 0 radical (unpaired) electrons. The summed E-state index contributed by atoms with van der Waals surface area (Å²) < 4.78 is 10.9. The van der Waals surface area contributed by atoms with Crippen LogP contribution in [0.15, 0.2) is 60.9 Å². The number of nitrogens with zero attached hydrogens (tertiary/aromatic N) is 5. The van der Waals surface area contributed by atoms with Gasteiger partial charge < -0.3 is 19.7 Å². The number of pyridine rings is 4. The van der Waals surface area contributed by atoms with Gasteiger partial charge in [0.2, 0.25) is 5.88 Å². The highest BCUT2D eigenvalue weighted by atomic mass is 16.5. The van der Waals surface area contributed by atoms with Crippen LogP contribution in [0.25, 0.3) is 22.3 Å². The molecule has 0 saturated carbocycles. The van der Waals surface area contributed by atoms with Crippen molar-refractivity contribution in [1.29, 1.82) is 0 Å². The van der Waals surface area contributed by atoms with Gasteiger partial charge in [-0.1, -0.05) is 6.07 Å². The molecular formula is C27H28N6O3. The van der Waals surface area contributed by atoms with Crippen molar-refractivity contribution in [3.8, 4) is 17.3 Å². The largest absolute Gasteiger partial charge is 0.481 e. The van der Waals surface area contributed by atoms with E-state index in [1.54, 1.807) is 18.3 Å². The molecular weight excluding hydrogens is 456 g/mol. The molecule has 0 spiro atoms. The molecule has 0 unspecified atom stereocenters. The third-order valence-electron chi connectivity index (χ3n) is 6.01. The summed E-state index contributed by atoms with van der Waals surface area (Å²) in [5.74, 6) is 1.14. The molecule has 1 aliphatic heterocycles. The molecule has 184 valence electrons. The second kappa shape index (κ2) is 10.2. The molecule has 9 nitrogen and oxygen atoms in total. The maximum absolute atomic E-state index is 12.5. The van der Waals surface area contributed by atoms with Gasteiger partial charge in [-0.05, 0) is 50.2 Å². The van der Waals surface area contributed by atoms with E-state index in [-0.39, 0.29) is 24.7 Å². The third-order valence-corrected chi connectivity index (χ3v) is 6.01. The van der Waals surface area contributed by atoms with Crippen LogP contribution < -0.4 is 15.0 Å². The van der Waals surface area contributed by atoms with E-state index >= 15 is 0 Å². The number of amides is 1. The standard InChI is InChI=1S/C27H28N6O3/c1-17-15-33(16-18(2)36-17)25-6-4-5-22(32-25)23-9-7-19-12-28-21(11-24(19)31-23)14-30-27(34)20-8-10-26(35-3)29-13-20/h4-13,17-18H,14-16H2,1-3H3,(H,30,34)/t17-,18+. The summed E-state index contributed by atoms with van der Waals surface area (Å²) in [6.07, 6.45) is 3.56. The number of anilines is 1. The van der Waals surface area contributed by atoms with Crippen molar-refractivity contribution in [3.63, 3.8) is 0 Å². The number of morpholine rings is 1. The van der Waals surface area contributed by atoms with Crippen molar-refractivity contribution in [2.75, 3.05) is 25.1 Å². The minimum atomic E-state index is -0.235. The molecule has 5 heterocycles. The number of hydrogen-bond donors (Lipinski definition) is 1. The molecule has 4 aromatic rings. The molecule has 0 bridgehead atoms. The minimum Gasteiger partial charge on any atom is -0.481 e. The van der Waals surface area contributed by atoms with Crippen molar-refractivity contribution in [3.05, 3.63) is 72.2 Å². The fourth-order valence-corrected chi connectivity index (χ4v) is 4.31. The normalized spacial score (nSPS) is 17.7. The van der Waals surface area contributed by atoms with Crippen LogP contribution in [0.3, 0.4) is 0 Å². The molecule has 0 aliphatic carbocycles. The van der Waals surface area contributed by atoms with Crippen LogP contribution in [-0.4, -0.2) is 58.3 Å².